The first-order valence-electron chi connectivity index (χ1n) is 7.90. The van der Waals surface area contributed by atoms with Crippen molar-refractivity contribution in [3.05, 3.63) is 52.2 Å². The van der Waals surface area contributed by atoms with Gasteiger partial charge in [0.25, 0.3) is 0 Å². The molecule has 23 heavy (non-hydrogen) atoms. The SMILES string of the molecule is O=C(O)CN(CCc1cccs1)CC1CCOc2ccccc21. The minimum Gasteiger partial charge on any atom is -0.493 e. The molecule has 5 heteroatoms. The maximum Gasteiger partial charge on any atom is 0.317 e. The van der Waals surface area contributed by atoms with Crippen LogP contribution in [-0.2, 0) is 11.2 Å². The molecule has 0 bridgehead atoms. The van der Waals surface area contributed by atoms with E-state index in [2.05, 4.69) is 22.4 Å². The van der Waals surface area contributed by atoms with Crippen LogP contribution in [0.5, 0.6) is 5.75 Å². The molecule has 1 aromatic carbocycles. The molecule has 1 aliphatic heterocycles. The van der Waals surface area contributed by atoms with Gasteiger partial charge in [0.1, 0.15) is 5.75 Å². The Morgan fingerprint density at radius 2 is 2.17 bits per heavy atom. The average Bonchev–Trinajstić information content (AvgIpc) is 3.06. The fourth-order valence-electron chi connectivity index (χ4n) is 3.07. The largest absolute Gasteiger partial charge is 0.493 e. The third kappa shape index (κ3) is 4.33. The first kappa shape index (κ1) is 16.0. The molecule has 0 amide bonds. The maximum atomic E-state index is 11.2. The van der Waals surface area contributed by atoms with Crippen molar-refractivity contribution in [2.45, 2.75) is 18.8 Å². The van der Waals surface area contributed by atoms with E-state index >= 15 is 0 Å². The molecule has 0 aliphatic carbocycles. The number of rotatable bonds is 7. The summed E-state index contributed by atoms with van der Waals surface area (Å²) in [6, 6.07) is 12.2. The van der Waals surface area contributed by atoms with Gasteiger partial charge in [-0.2, -0.15) is 0 Å². The number of para-hydroxylation sites is 1. The van der Waals surface area contributed by atoms with E-state index in [1.165, 1.54) is 10.4 Å². The van der Waals surface area contributed by atoms with E-state index in [9.17, 15) is 9.90 Å². The van der Waals surface area contributed by atoms with Crippen LogP contribution in [0.3, 0.4) is 0 Å². The minimum atomic E-state index is -0.767. The molecule has 2 heterocycles. The predicted octanol–water partition coefficient (Wildman–Crippen LogP) is 3.24. The van der Waals surface area contributed by atoms with E-state index in [-0.39, 0.29) is 6.54 Å². The van der Waals surface area contributed by atoms with Crippen molar-refractivity contribution in [3.63, 3.8) is 0 Å². The number of carboxylic acids is 1. The number of benzene rings is 1. The first-order valence-corrected chi connectivity index (χ1v) is 8.78. The van der Waals surface area contributed by atoms with Crippen LogP contribution in [-0.4, -0.2) is 42.2 Å². The second kappa shape index (κ2) is 7.62. The van der Waals surface area contributed by atoms with Crippen molar-refractivity contribution < 1.29 is 14.6 Å². The molecule has 1 aromatic heterocycles. The number of nitrogens with zero attached hydrogens (tertiary/aromatic N) is 1. The predicted molar refractivity (Wildman–Crippen MR) is 91.4 cm³/mol. The first-order chi connectivity index (χ1) is 11.2. The normalized spacial score (nSPS) is 16.8. The van der Waals surface area contributed by atoms with Crippen LogP contribution in [0, 0.1) is 0 Å². The van der Waals surface area contributed by atoms with E-state index in [0.717, 1.165) is 31.7 Å². The summed E-state index contributed by atoms with van der Waals surface area (Å²) in [5.41, 5.74) is 1.20. The average molecular weight is 331 g/mol. The molecule has 1 N–H and O–H groups in total. The number of carbonyl (C=O) groups is 1. The topological polar surface area (TPSA) is 49.8 Å². The second-order valence-electron chi connectivity index (χ2n) is 5.83. The van der Waals surface area contributed by atoms with Crippen LogP contribution in [0.15, 0.2) is 41.8 Å². The molecular formula is C18H21NO3S. The van der Waals surface area contributed by atoms with Gasteiger partial charge in [0.15, 0.2) is 0 Å². The van der Waals surface area contributed by atoms with Gasteiger partial charge < -0.3 is 9.84 Å². The molecule has 1 atom stereocenters. The van der Waals surface area contributed by atoms with E-state index in [4.69, 9.17) is 4.74 Å². The van der Waals surface area contributed by atoms with Crippen molar-refractivity contribution >= 4 is 17.3 Å². The lowest BCUT2D eigenvalue weighted by atomic mass is 9.92. The van der Waals surface area contributed by atoms with E-state index in [1.807, 2.05) is 24.3 Å². The highest BCUT2D eigenvalue weighted by Crippen LogP contribution is 2.33. The number of hydrogen-bond acceptors (Lipinski definition) is 4. The van der Waals surface area contributed by atoms with Crippen molar-refractivity contribution in [2.75, 3.05) is 26.2 Å². The third-order valence-electron chi connectivity index (χ3n) is 4.17. The summed E-state index contributed by atoms with van der Waals surface area (Å²) >= 11 is 1.72. The van der Waals surface area contributed by atoms with Gasteiger partial charge in [0.05, 0.1) is 13.2 Å². The van der Waals surface area contributed by atoms with Gasteiger partial charge in [-0.3, -0.25) is 9.69 Å². The number of carboxylic acid groups (broad SMARTS) is 1. The maximum absolute atomic E-state index is 11.2. The summed E-state index contributed by atoms with van der Waals surface area (Å²) in [5.74, 6) is 0.511. The summed E-state index contributed by atoms with van der Waals surface area (Å²) in [6.45, 7) is 2.32. The molecule has 1 unspecified atom stereocenters. The Balaban J connectivity index is 1.67. The molecule has 2 aromatic rings. The van der Waals surface area contributed by atoms with Crippen LogP contribution in [0.4, 0.5) is 0 Å². The van der Waals surface area contributed by atoms with Gasteiger partial charge >= 0.3 is 5.97 Å². The zero-order valence-corrected chi connectivity index (χ0v) is 13.8. The van der Waals surface area contributed by atoms with Gasteiger partial charge in [-0.15, -0.1) is 11.3 Å². The fourth-order valence-corrected chi connectivity index (χ4v) is 3.76. The summed E-state index contributed by atoms with van der Waals surface area (Å²) < 4.78 is 5.70. The molecule has 4 nitrogen and oxygen atoms in total. The molecule has 1 aliphatic rings. The van der Waals surface area contributed by atoms with Gasteiger partial charge in [-0.25, -0.2) is 0 Å². The molecular weight excluding hydrogens is 310 g/mol. The van der Waals surface area contributed by atoms with Crippen molar-refractivity contribution in [3.8, 4) is 5.75 Å². The van der Waals surface area contributed by atoms with Gasteiger partial charge in [0.2, 0.25) is 0 Å². The van der Waals surface area contributed by atoms with E-state index in [0.29, 0.717) is 12.5 Å². The zero-order valence-electron chi connectivity index (χ0n) is 13.0. The Bertz CT molecular complexity index is 641. The highest BCUT2D eigenvalue weighted by molar-refractivity contribution is 7.09. The summed E-state index contributed by atoms with van der Waals surface area (Å²) in [6.07, 6.45) is 1.84. The summed E-state index contributed by atoms with van der Waals surface area (Å²) in [4.78, 5) is 14.5. The Kier molecular flexibility index (Phi) is 5.31. The number of hydrogen-bond donors (Lipinski definition) is 1. The summed E-state index contributed by atoms with van der Waals surface area (Å²) in [7, 11) is 0. The molecule has 0 saturated heterocycles. The lowest BCUT2D eigenvalue weighted by molar-refractivity contribution is -0.138. The lowest BCUT2D eigenvalue weighted by Crippen LogP contribution is -2.36. The van der Waals surface area contributed by atoms with Crippen LogP contribution in [0.1, 0.15) is 22.8 Å². The Morgan fingerprint density at radius 3 is 2.96 bits per heavy atom. The van der Waals surface area contributed by atoms with Crippen molar-refractivity contribution in [1.29, 1.82) is 0 Å². The molecule has 0 fully saturated rings. The molecule has 0 radical (unpaired) electrons. The van der Waals surface area contributed by atoms with Gasteiger partial charge in [-0.05, 0) is 35.9 Å². The standard InChI is InChI=1S/C18H21NO3S/c20-18(21)13-19(9-7-15-4-3-11-23-15)12-14-8-10-22-17-6-2-1-5-16(14)17/h1-6,11,14H,7-10,12-13H2,(H,20,21). The monoisotopic (exact) mass is 331 g/mol. The van der Waals surface area contributed by atoms with E-state index in [1.54, 1.807) is 11.3 Å². The third-order valence-corrected chi connectivity index (χ3v) is 5.11. The Morgan fingerprint density at radius 1 is 1.30 bits per heavy atom. The number of ether oxygens (including phenoxy) is 1. The van der Waals surface area contributed by atoms with E-state index < -0.39 is 5.97 Å². The summed E-state index contributed by atoms with van der Waals surface area (Å²) in [5, 5.41) is 11.3. The van der Waals surface area contributed by atoms with Gasteiger partial charge in [-0.1, -0.05) is 24.3 Å². The van der Waals surface area contributed by atoms with Crippen LogP contribution >= 0.6 is 11.3 Å². The highest BCUT2D eigenvalue weighted by Gasteiger charge is 2.24. The highest BCUT2D eigenvalue weighted by atomic mass is 32.1. The van der Waals surface area contributed by atoms with Crippen molar-refractivity contribution in [1.82, 2.24) is 4.90 Å². The second-order valence-corrected chi connectivity index (χ2v) is 6.86. The molecule has 3 rings (SSSR count). The minimum absolute atomic E-state index is 0.0882. The molecule has 0 saturated carbocycles. The van der Waals surface area contributed by atoms with Crippen molar-refractivity contribution in [2.24, 2.45) is 0 Å². The number of fused-ring (bicyclic) bond motifs is 1. The molecule has 0 spiro atoms. The fraction of sp³-hybridized carbons (Fsp3) is 0.389. The molecule has 122 valence electrons. The quantitative estimate of drug-likeness (QED) is 0.846. The van der Waals surface area contributed by atoms with Crippen LogP contribution < -0.4 is 4.74 Å². The van der Waals surface area contributed by atoms with Crippen LogP contribution in [0.2, 0.25) is 0 Å². The lowest BCUT2D eigenvalue weighted by Gasteiger charge is -2.30. The van der Waals surface area contributed by atoms with Crippen LogP contribution in [0.25, 0.3) is 0 Å². The number of aliphatic carboxylic acids is 1. The Labute approximate surface area is 140 Å². The van der Waals surface area contributed by atoms with Gasteiger partial charge in [0, 0.05) is 23.9 Å². The number of thiophene rings is 1. The zero-order chi connectivity index (χ0) is 16.1. The Hall–Kier alpha value is -1.85. The smallest absolute Gasteiger partial charge is 0.317 e.